The standard InChI is InChI=1S/C18H16N4O3.C9H10O3/c1-10-2-7-14(24-10)16-17-15(20-18(19)21-16)13(22-25-17)8-11-3-5-12(9-23)6-4-11;10-6-8-3-1-7(2-4-8)5-9(11)12/h2-7,23H,8-9H2,1H3,(H2,19,20,21);1-4,10H,5-6H2,(H,11,12). The van der Waals surface area contributed by atoms with E-state index in [1.807, 2.05) is 43.3 Å². The molecule has 0 unspecified atom stereocenters. The number of hydrogen-bond donors (Lipinski definition) is 4. The number of nitrogens with two attached hydrogens (primary N) is 1. The van der Waals surface area contributed by atoms with Crippen LogP contribution in [-0.2, 0) is 30.8 Å². The second-order valence-electron chi connectivity index (χ2n) is 8.34. The van der Waals surface area contributed by atoms with Gasteiger partial charge in [-0.1, -0.05) is 53.7 Å². The van der Waals surface area contributed by atoms with Crippen LogP contribution in [0, 0.1) is 6.92 Å². The van der Waals surface area contributed by atoms with Gasteiger partial charge in [-0.3, -0.25) is 4.79 Å². The van der Waals surface area contributed by atoms with E-state index in [1.165, 1.54) is 0 Å². The highest BCUT2D eigenvalue weighted by molar-refractivity contribution is 5.88. The molecule has 0 bridgehead atoms. The molecule has 3 heterocycles. The molecule has 0 spiro atoms. The zero-order valence-electron chi connectivity index (χ0n) is 20.1. The summed E-state index contributed by atoms with van der Waals surface area (Å²) in [6.45, 7) is 1.86. The highest BCUT2D eigenvalue weighted by Gasteiger charge is 2.19. The summed E-state index contributed by atoms with van der Waals surface area (Å²) >= 11 is 0. The maximum absolute atomic E-state index is 10.3. The molecular formula is C27H26N4O6. The number of aliphatic hydroxyl groups is 2. The maximum Gasteiger partial charge on any atom is 0.307 e. The molecule has 5 N–H and O–H groups in total. The zero-order valence-corrected chi connectivity index (χ0v) is 20.1. The lowest BCUT2D eigenvalue weighted by molar-refractivity contribution is -0.136. The number of aromatic nitrogens is 3. The topological polar surface area (TPSA) is 169 Å². The lowest BCUT2D eigenvalue weighted by Gasteiger charge is -2.01. The predicted octanol–water partition coefficient (Wildman–Crippen LogP) is 3.66. The van der Waals surface area contributed by atoms with E-state index in [1.54, 1.807) is 24.3 Å². The van der Waals surface area contributed by atoms with Crippen molar-refractivity contribution in [1.82, 2.24) is 15.1 Å². The van der Waals surface area contributed by atoms with Gasteiger partial charge in [0.05, 0.1) is 19.6 Å². The third-order valence-corrected chi connectivity index (χ3v) is 5.52. The summed E-state index contributed by atoms with van der Waals surface area (Å²) in [5.41, 5.74) is 11.5. The van der Waals surface area contributed by atoms with Crippen molar-refractivity contribution in [2.75, 3.05) is 5.73 Å². The van der Waals surface area contributed by atoms with E-state index < -0.39 is 5.97 Å². The van der Waals surface area contributed by atoms with Crippen LogP contribution in [0.25, 0.3) is 22.6 Å². The second-order valence-corrected chi connectivity index (χ2v) is 8.34. The number of benzene rings is 2. The Morgan fingerprint density at radius 2 is 1.46 bits per heavy atom. The Morgan fingerprint density at radius 1 is 0.865 bits per heavy atom. The Kier molecular flexibility index (Phi) is 7.92. The van der Waals surface area contributed by atoms with E-state index >= 15 is 0 Å². The molecule has 190 valence electrons. The van der Waals surface area contributed by atoms with Crippen LogP contribution in [0.5, 0.6) is 0 Å². The van der Waals surface area contributed by atoms with E-state index in [0.717, 1.165) is 28.0 Å². The molecule has 5 rings (SSSR count). The number of aryl methyl sites for hydroxylation is 1. The Balaban J connectivity index is 0.000000225. The van der Waals surface area contributed by atoms with Gasteiger partial charge in [0.1, 0.15) is 17.0 Å². The summed E-state index contributed by atoms with van der Waals surface area (Å²) in [4.78, 5) is 18.8. The Morgan fingerprint density at radius 3 is 2.00 bits per heavy atom. The maximum atomic E-state index is 10.3. The highest BCUT2D eigenvalue weighted by Crippen LogP contribution is 2.30. The number of fused-ring (bicyclic) bond motifs is 1. The number of carboxylic acid groups (broad SMARTS) is 1. The quantitative estimate of drug-likeness (QED) is 0.258. The van der Waals surface area contributed by atoms with Crippen molar-refractivity contribution in [1.29, 1.82) is 0 Å². The summed E-state index contributed by atoms with van der Waals surface area (Å²) in [7, 11) is 0. The molecule has 0 saturated heterocycles. The molecule has 0 amide bonds. The van der Waals surface area contributed by atoms with Crippen LogP contribution in [-0.4, -0.2) is 36.4 Å². The average molecular weight is 503 g/mol. The molecule has 0 aliphatic carbocycles. The molecule has 10 nitrogen and oxygen atoms in total. The summed E-state index contributed by atoms with van der Waals surface area (Å²) in [5, 5.41) is 30.4. The second kappa shape index (κ2) is 11.5. The van der Waals surface area contributed by atoms with Gasteiger partial charge in [-0.25, -0.2) is 9.97 Å². The monoisotopic (exact) mass is 502 g/mol. The van der Waals surface area contributed by atoms with Gasteiger partial charge in [-0.15, -0.1) is 0 Å². The predicted molar refractivity (Wildman–Crippen MR) is 135 cm³/mol. The van der Waals surface area contributed by atoms with Gasteiger partial charge >= 0.3 is 5.97 Å². The number of hydrogen-bond acceptors (Lipinski definition) is 9. The molecule has 0 radical (unpaired) electrons. The summed E-state index contributed by atoms with van der Waals surface area (Å²) in [5.74, 6) is 0.624. The van der Waals surface area contributed by atoms with Crippen LogP contribution in [0.1, 0.15) is 33.7 Å². The van der Waals surface area contributed by atoms with E-state index in [-0.39, 0.29) is 25.6 Å². The van der Waals surface area contributed by atoms with Crippen molar-refractivity contribution in [2.45, 2.75) is 33.0 Å². The van der Waals surface area contributed by atoms with Crippen LogP contribution in [0.15, 0.2) is 69.6 Å². The third kappa shape index (κ3) is 6.37. The molecular weight excluding hydrogens is 476 g/mol. The number of nitrogens with zero attached hydrogens (tertiary/aromatic N) is 3. The lowest BCUT2D eigenvalue weighted by Crippen LogP contribution is -1.99. The molecule has 0 saturated carbocycles. The summed E-state index contributed by atoms with van der Waals surface area (Å²) in [6, 6.07) is 18.1. The molecule has 10 heteroatoms. The van der Waals surface area contributed by atoms with Crippen LogP contribution < -0.4 is 5.73 Å². The normalized spacial score (nSPS) is 10.8. The van der Waals surface area contributed by atoms with Gasteiger partial charge in [0, 0.05) is 6.42 Å². The van der Waals surface area contributed by atoms with Crippen molar-refractivity contribution in [2.24, 2.45) is 0 Å². The minimum absolute atomic E-state index is 0.00660. The van der Waals surface area contributed by atoms with Crippen LogP contribution in [0.3, 0.4) is 0 Å². The number of carbonyl (C=O) groups is 1. The first kappa shape index (κ1) is 25.5. The molecule has 0 atom stereocenters. The van der Waals surface area contributed by atoms with Crippen molar-refractivity contribution < 1.29 is 29.1 Å². The van der Waals surface area contributed by atoms with Gasteiger partial charge in [0.15, 0.2) is 11.5 Å². The van der Waals surface area contributed by atoms with Gasteiger partial charge < -0.3 is 30.0 Å². The molecule has 2 aromatic carbocycles. The number of aliphatic hydroxyl groups excluding tert-OH is 2. The van der Waals surface area contributed by atoms with Gasteiger partial charge in [0.25, 0.3) is 0 Å². The smallest absolute Gasteiger partial charge is 0.307 e. The molecule has 0 aliphatic heterocycles. The van der Waals surface area contributed by atoms with Crippen molar-refractivity contribution in [3.05, 3.63) is 94.4 Å². The average Bonchev–Trinajstić information content (AvgIpc) is 3.51. The van der Waals surface area contributed by atoms with E-state index in [2.05, 4.69) is 15.1 Å². The van der Waals surface area contributed by atoms with Crippen LogP contribution in [0.4, 0.5) is 5.95 Å². The van der Waals surface area contributed by atoms with E-state index in [9.17, 15) is 4.79 Å². The Labute approximate surface area is 212 Å². The molecule has 0 fully saturated rings. The first-order chi connectivity index (χ1) is 17.9. The minimum atomic E-state index is -0.841. The number of carboxylic acids is 1. The largest absolute Gasteiger partial charge is 0.481 e. The molecule has 3 aromatic heterocycles. The fourth-order valence-electron chi connectivity index (χ4n) is 3.63. The number of rotatable bonds is 7. The lowest BCUT2D eigenvalue weighted by atomic mass is 10.1. The van der Waals surface area contributed by atoms with Crippen LogP contribution in [0.2, 0.25) is 0 Å². The van der Waals surface area contributed by atoms with Crippen molar-refractivity contribution >= 4 is 23.0 Å². The number of nitrogen functional groups attached to an aromatic ring is 1. The summed E-state index contributed by atoms with van der Waals surface area (Å²) in [6.07, 6.45) is 0.567. The minimum Gasteiger partial charge on any atom is -0.481 e. The molecule has 0 aliphatic rings. The first-order valence-electron chi connectivity index (χ1n) is 11.4. The number of aliphatic carboxylic acids is 1. The number of anilines is 1. The Bertz CT molecular complexity index is 1490. The van der Waals surface area contributed by atoms with Gasteiger partial charge in [0.2, 0.25) is 11.5 Å². The van der Waals surface area contributed by atoms with Crippen molar-refractivity contribution in [3.8, 4) is 11.5 Å². The SMILES string of the molecule is Cc1ccc(-c2nc(N)nc3c(Cc4ccc(CO)cc4)noc23)o1.O=C(O)Cc1ccc(CO)cc1. The molecule has 5 aromatic rings. The first-order valence-corrected chi connectivity index (χ1v) is 11.4. The van der Waals surface area contributed by atoms with Crippen LogP contribution >= 0.6 is 0 Å². The van der Waals surface area contributed by atoms with Gasteiger partial charge in [-0.2, -0.15) is 0 Å². The number of furan rings is 1. The Hall–Kier alpha value is -4.54. The third-order valence-electron chi connectivity index (χ3n) is 5.52. The fourth-order valence-corrected chi connectivity index (χ4v) is 3.63. The van der Waals surface area contributed by atoms with Gasteiger partial charge in [-0.05, 0) is 41.3 Å². The fraction of sp³-hybridized carbons (Fsp3) is 0.185. The highest BCUT2D eigenvalue weighted by atomic mass is 16.5. The van der Waals surface area contributed by atoms with E-state index in [4.69, 9.17) is 30.0 Å². The van der Waals surface area contributed by atoms with E-state index in [0.29, 0.717) is 34.7 Å². The summed E-state index contributed by atoms with van der Waals surface area (Å²) < 4.78 is 11.1. The zero-order chi connectivity index (χ0) is 26.4. The molecule has 37 heavy (non-hydrogen) atoms. The van der Waals surface area contributed by atoms with Crippen molar-refractivity contribution in [3.63, 3.8) is 0 Å².